The number of oxime groups is 1. The highest BCUT2D eigenvalue weighted by atomic mass is 16.6. The van der Waals surface area contributed by atoms with Crippen molar-refractivity contribution in [3.63, 3.8) is 0 Å². The molecule has 0 aromatic carbocycles. The summed E-state index contributed by atoms with van der Waals surface area (Å²) in [5, 5.41) is 25.3. The molecular weight excluding hydrogens is 530 g/mol. The lowest BCUT2D eigenvalue weighted by molar-refractivity contribution is -0.158. The van der Waals surface area contributed by atoms with Gasteiger partial charge in [-0.2, -0.15) is 0 Å². The lowest BCUT2D eigenvalue weighted by atomic mass is 9.63. The molecule has 41 heavy (non-hydrogen) atoms. The SMILES string of the molecule is C=CCOC(=O)CC(O)CC(O)CCC1C(C)C(=O)C=C2C(=NOCc3ccco3)CCC(OC(=O)C(C)CC)C21. The van der Waals surface area contributed by atoms with Gasteiger partial charge in [-0.05, 0) is 68.2 Å². The van der Waals surface area contributed by atoms with E-state index >= 15 is 0 Å². The van der Waals surface area contributed by atoms with Crippen LogP contribution < -0.4 is 0 Å². The largest absolute Gasteiger partial charge is 0.466 e. The molecule has 10 nitrogen and oxygen atoms in total. The zero-order valence-corrected chi connectivity index (χ0v) is 24.2. The second-order valence-electron chi connectivity index (χ2n) is 11.0. The van der Waals surface area contributed by atoms with Crippen LogP contribution in [0.3, 0.4) is 0 Å². The molecule has 1 fully saturated rings. The molecule has 0 saturated heterocycles. The molecule has 226 valence electrons. The third kappa shape index (κ3) is 9.13. The van der Waals surface area contributed by atoms with E-state index in [-0.39, 0.29) is 61.5 Å². The van der Waals surface area contributed by atoms with Crippen molar-refractivity contribution in [2.45, 2.75) is 90.6 Å². The number of aliphatic hydroxyl groups is 2. The maximum absolute atomic E-state index is 13.1. The molecule has 7 unspecified atom stereocenters. The van der Waals surface area contributed by atoms with Crippen molar-refractivity contribution in [2.75, 3.05) is 6.61 Å². The minimum Gasteiger partial charge on any atom is -0.466 e. The molecule has 0 bridgehead atoms. The van der Waals surface area contributed by atoms with E-state index in [1.807, 2.05) is 20.8 Å². The molecule has 1 aromatic rings. The first-order valence-electron chi connectivity index (χ1n) is 14.4. The van der Waals surface area contributed by atoms with Gasteiger partial charge in [0.1, 0.15) is 18.5 Å². The van der Waals surface area contributed by atoms with Gasteiger partial charge in [-0.3, -0.25) is 14.4 Å². The molecule has 10 heteroatoms. The molecule has 3 rings (SSSR count). The van der Waals surface area contributed by atoms with Crippen LogP contribution in [-0.2, 0) is 35.3 Å². The minimum absolute atomic E-state index is 0.00857. The molecule has 1 saturated carbocycles. The highest BCUT2D eigenvalue weighted by Crippen LogP contribution is 2.45. The molecule has 2 N–H and O–H groups in total. The van der Waals surface area contributed by atoms with E-state index in [0.717, 1.165) is 0 Å². The first-order chi connectivity index (χ1) is 19.6. The van der Waals surface area contributed by atoms with Crippen LogP contribution in [0.5, 0.6) is 0 Å². The van der Waals surface area contributed by atoms with Crippen molar-refractivity contribution >= 4 is 23.4 Å². The van der Waals surface area contributed by atoms with E-state index < -0.39 is 24.3 Å². The molecule has 1 aromatic heterocycles. The number of ether oxygens (including phenoxy) is 2. The van der Waals surface area contributed by atoms with Crippen LogP contribution in [0.1, 0.15) is 71.5 Å². The number of hydrogen-bond donors (Lipinski definition) is 2. The summed E-state index contributed by atoms with van der Waals surface area (Å²) in [7, 11) is 0. The van der Waals surface area contributed by atoms with E-state index in [1.165, 1.54) is 6.08 Å². The summed E-state index contributed by atoms with van der Waals surface area (Å²) < 4.78 is 16.2. The highest BCUT2D eigenvalue weighted by molar-refractivity contribution is 6.08. The summed E-state index contributed by atoms with van der Waals surface area (Å²) in [5.41, 5.74) is 1.34. The predicted octanol–water partition coefficient (Wildman–Crippen LogP) is 4.29. The van der Waals surface area contributed by atoms with Gasteiger partial charge in [0.2, 0.25) is 0 Å². The Hall–Kier alpha value is -3.24. The topological polar surface area (TPSA) is 145 Å². The number of aliphatic hydroxyl groups excluding tert-OH is 2. The normalized spacial score (nSPS) is 25.4. The standard InChI is InChI=1S/C31H43NO9/c1-5-13-39-29(36)16-22(34)15-21(33)9-10-24-20(4)27(35)17-25-26(32-40-18-23-8-7-14-38-23)11-12-28(30(24)25)41-31(37)19(3)6-2/h5,7-8,14,17,19-22,24,28,30,33-34H,1,6,9-13,15-16,18H2,2-4H3. The maximum Gasteiger partial charge on any atom is 0.308 e. The first kappa shape index (κ1) is 32.3. The lowest BCUT2D eigenvalue weighted by Crippen LogP contribution is -2.46. The zero-order valence-electron chi connectivity index (χ0n) is 24.2. The molecule has 1 heterocycles. The number of furan rings is 1. The molecule has 0 radical (unpaired) electrons. The number of nitrogens with zero attached hydrogens (tertiary/aromatic N) is 1. The number of allylic oxidation sites excluding steroid dienone is 1. The van der Waals surface area contributed by atoms with E-state index in [2.05, 4.69) is 11.7 Å². The number of rotatable bonds is 15. The fraction of sp³-hybridized carbons (Fsp3) is 0.613. The second-order valence-corrected chi connectivity index (χ2v) is 11.0. The Morgan fingerprint density at radius 1 is 1.29 bits per heavy atom. The fourth-order valence-electron chi connectivity index (χ4n) is 5.45. The number of carbonyl (C=O) groups is 3. The van der Waals surface area contributed by atoms with Gasteiger partial charge in [-0.25, -0.2) is 0 Å². The summed E-state index contributed by atoms with van der Waals surface area (Å²) in [6, 6.07) is 3.54. The van der Waals surface area contributed by atoms with Crippen molar-refractivity contribution in [3.8, 4) is 0 Å². The summed E-state index contributed by atoms with van der Waals surface area (Å²) in [6.45, 7) is 9.29. The van der Waals surface area contributed by atoms with E-state index in [4.69, 9.17) is 18.7 Å². The Labute approximate surface area is 241 Å². The van der Waals surface area contributed by atoms with E-state index in [9.17, 15) is 24.6 Å². The van der Waals surface area contributed by atoms with Crippen LogP contribution in [0.2, 0.25) is 0 Å². The van der Waals surface area contributed by atoms with Crippen molar-refractivity contribution < 1.29 is 43.3 Å². The quantitative estimate of drug-likeness (QED) is 0.178. The Balaban J connectivity index is 1.75. The monoisotopic (exact) mass is 573 g/mol. The van der Waals surface area contributed by atoms with Crippen molar-refractivity contribution in [2.24, 2.45) is 28.8 Å². The third-order valence-corrected chi connectivity index (χ3v) is 7.99. The van der Waals surface area contributed by atoms with Gasteiger partial charge in [0, 0.05) is 11.8 Å². The molecule has 2 aliphatic rings. The van der Waals surface area contributed by atoms with Gasteiger partial charge in [-0.1, -0.05) is 38.6 Å². The molecule has 2 aliphatic carbocycles. The molecule has 0 spiro atoms. The number of carbonyl (C=O) groups excluding carboxylic acids is 3. The number of fused-ring (bicyclic) bond motifs is 1. The van der Waals surface area contributed by atoms with E-state index in [1.54, 1.807) is 24.5 Å². The molecular formula is C31H43NO9. The summed E-state index contributed by atoms with van der Waals surface area (Å²) in [6.07, 6.45) is 4.33. The van der Waals surface area contributed by atoms with Crippen LogP contribution in [0, 0.1) is 23.7 Å². The number of ketones is 1. The lowest BCUT2D eigenvalue weighted by Gasteiger charge is -2.43. The summed E-state index contributed by atoms with van der Waals surface area (Å²) in [5.74, 6) is -1.46. The average molecular weight is 574 g/mol. The van der Waals surface area contributed by atoms with Crippen LogP contribution in [0.25, 0.3) is 0 Å². The van der Waals surface area contributed by atoms with Crippen molar-refractivity contribution in [1.82, 2.24) is 0 Å². The Kier molecular flexibility index (Phi) is 12.3. The average Bonchev–Trinajstić information content (AvgIpc) is 3.46. The molecule has 7 atom stereocenters. The molecule has 0 amide bonds. The fourth-order valence-corrected chi connectivity index (χ4v) is 5.45. The van der Waals surface area contributed by atoms with Crippen LogP contribution >= 0.6 is 0 Å². The Morgan fingerprint density at radius 3 is 2.76 bits per heavy atom. The van der Waals surface area contributed by atoms with Crippen LogP contribution in [0.15, 0.2) is 52.3 Å². The number of hydrogen-bond acceptors (Lipinski definition) is 10. The smallest absolute Gasteiger partial charge is 0.308 e. The maximum atomic E-state index is 13.1. The predicted molar refractivity (Wildman–Crippen MR) is 150 cm³/mol. The van der Waals surface area contributed by atoms with Gasteiger partial charge >= 0.3 is 11.9 Å². The van der Waals surface area contributed by atoms with Crippen molar-refractivity contribution in [1.29, 1.82) is 0 Å². The van der Waals surface area contributed by atoms with Gasteiger partial charge in [-0.15, -0.1) is 0 Å². The van der Waals surface area contributed by atoms with Gasteiger partial charge < -0.3 is 28.9 Å². The summed E-state index contributed by atoms with van der Waals surface area (Å²) in [4.78, 5) is 43.3. The van der Waals surface area contributed by atoms with Crippen LogP contribution in [0.4, 0.5) is 0 Å². The first-order valence-corrected chi connectivity index (χ1v) is 14.4. The summed E-state index contributed by atoms with van der Waals surface area (Å²) >= 11 is 0. The minimum atomic E-state index is -1.06. The van der Waals surface area contributed by atoms with Crippen molar-refractivity contribution in [3.05, 3.63) is 48.5 Å². The van der Waals surface area contributed by atoms with Gasteiger partial charge in [0.25, 0.3) is 0 Å². The molecule has 0 aliphatic heterocycles. The third-order valence-electron chi connectivity index (χ3n) is 7.99. The number of esters is 2. The van der Waals surface area contributed by atoms with Gasteiger partial charge in [0.15, 0.2) is 12.4 Å². The second kappa shape index (κ2) is 15.7. The van der Waals surface area contributed by atoms with Gasteiger partial charge in [0.05, 0.1) is 36.5 Å². The zero-order chi connectivity index (χ0) is 29.9. The van der Waals surface area contributed by atoms with E-state index in [0.29, 0.717) is 49.1 Å². The highest BCUT2D eigenvalue weighted by Gasteiger charge is 2.46. The Morgan fingerprint density at radius 2 is 2.07 bits per heavy atom. The van der Waals surface area contributed by atoms with Crippen LogP contribution in [-0.4, -0.2) is 58.6 Å². The Bertz CT molecular complexity index is 1090.